The highest BCUT2D eigenvalue weighted by molar-refractivity contribution is 6.51. The molecule has 4 aromatic rings. The van der Waals surface area contributed by atoms with Gasteiger partial charge in [-0.05, 0) is 35.0 Å². The van der Waals surface area contributed by atoms with Gasteiger partial charge < -0.3 is 9.84 Å². The number of Topliss-reactive ketones (excluding diaryl/α,β-unsaturated/α-hetero) is 1. The van der Waals surface area contributed by atoms with Crippen LogP contribution in [0.2, 0.25) is 0 Å². The molecule has 3 aromatic carbocycles. The number of fused-ring (bicyclic) bond motifs is 1. The molecule has 1 amide bonds. The largest absolute Gasteiger partial charge is 0.573 e. The Morgan fingerprint density at radius 3 is 2.39 bits per heavy atom. The number of aromatic nitrogens is 1. The van der Waals surface area contributed by atoms with Crippen LogP contribution >= 0.6 is 0 Å². The van der Waals surface area contributed by atoms with Crippen molar-refractivity contribution in [3.63, 3.8) is 0 Å². The summed E-state index contributed by atoms with van der Waals surface area (Å²) in [5.41, 5.74) is 0.338. The number of alkyl halides is 3. The Bertz CT molecular complexity index is 1510. The standard InChI is InChI=1S/C27H17F3N2O4/c28-27(29,30)36-18-10-6-9-17(15-18)32-23(21-13-3-4-14-31-21)22(25(34)26(32)35)24(33)20-12-5-8-16-7-1-2-11-19(16)20/h1-15,23,33H/b24-22-. The average Bonchev–Trinajstić information content (AvgIpc) is 3.13. The van der Waals surface area contributed by atoms with Crippen LogP contribution in [0.4, 0.5) is 18.9 Å². The molecular formula is C27H17F3N2O4. The first-order valence-corrected chi connectivity index (χ1v) is 10.8. The van der Waals surface area contributed by atoms with E-state index in [1.165, 1.54) is 18.3 Å². The van der Waals surface area contributed by atoms with Gasteiger partial charge in [-0.2, -0.15) is 0 Å². The highest BCUT2D eigenvalue weighted by atomic mass is 19.4. The number of hydrogen-bond acceptors (Lipinski definition) is 5. The van der Waals surface area contributed by atoms with Crippen molar-refractivity contribution in [2.45, 2.75) is 12.4 Å². The second kappa shape index (κ2) is 8.84. The third-order valence-electron chi connectivity index (χ3n) is 5.79. The van der Waals surface area contributed by atoms with Crippen LogP contribution in [0.25, 0.3) is 16.5 Å². The van der Waals surface area contributed by atoms with Gasteiger partial charge in [-0.3, -0.25) is 19.5 Å². The molecule has 1 atom stereocenters. The predicted molar refractivity (Wildman–Crippen MR) is 126 cm³/mol. The van der Waals surface area contributed by atoms with Crippen molar-refractivity contribution < 1.29 is 32.6 Å². The summed E-state index contributed by atoms with van der Waals surface area (Å²) in [4.78, 5) is 31.8. The van der Waals surface area contributed by atoms with E-state index in [0.29, 0.717) is 10.9 Å². The second-order valence-electron chi connectivity index (χ2n) is 8.00. The molecule has 1 aliphatic heterocycles. The number of ether oxygens (including phenoxy) is 1. The van der Waals surface area contributed by atoms with E-state index >= 15 is 0 Å². The maximum Gasteiger partial charge on any atom is 0.573 e. The molecule has 0 radical (unpaired) electrons. The van der Waals surface area contributed by atoms with Crippen LogP contribution in [0.15, 0.2) is 96.7 Å². The van der Waals surface area contributed by atoms with E-state index in [0.717, 1.165) is 22.4 Å². The first-order valence-electron chi connectivity index (χ1n) is 10.8. The van der Waals surface area contributed by atoms with E-state index in [1.54, 1.807) is 42.5 Å². The monoisotopic (exact) mass is 490 g/mol. The second-order valence-corrected chi connectivity index (χ2v) is 8.00. The first-order chi connectivity index (χ1) is 17.2. The SMILES string of the molecule is O=C1C(=O)N(c2cccc(OC(F)(F)F)c2)C(c2ccccn2)/C1=C(/O)c1cccc2ccccc12. The van der Waals surface area contributed by atoms with Gasteiger partial charge in [0.2, 0.25) is 0 Å². The number of hydrogen-bond donors (Lipinski definition) is 1. The van der Waals surface area contributed by atoms with Crippen LogP contribution in [-0.2, 0) is 9.59 Å². The van der Waals surface area contributed by atoms with Crippen molar-refractivity contribution in [3.8, 4) is 5.75 Å². The lowest BCUT2D eigenvalue weighted by Crippen LogP contribution is -2.30. The van der Waals surface area contributed by atoms with E-state index in [9.17, 15) is 27.9 Å². The van der Waals surface area contributed by atoms with Gasteiger partial charge in [-0.15, -0.1) is 13.2 Å². The molecule has 1 aromatic heterocycles. The van der Waals surface area contributed by atoms with Gasteiger partial charge in [0.25, 0.3) is 11.7 Å². The summed E-state index contributed by atoms with van der Waals surface area (Å²) in [6, 6.07) is 20.8. The van der Waals surface area contributed by atoms with Crippen LogP contribution in [0.3, 0.4) is 0 Å². The Labute approximate surface area is 202 Å². The summed E-state index contributed by atoms with van der Waals surface area (Å²) in [6.07, 6.45) is -3.49. The lowest BCUT2D eigenvalue weighted by Gasteiger charge is -2.25. The lowest BCUT2D eigenvalue weighted by molar-refractivity contribution is -0.274. The smallest absolute Gasteiger partial charge is 0.507 e. The summed E-state index contributed by atoms with van der Waals surface area (Å²) in [5, 5.41) is 12.9. The maximum atomic E-state index is 13.3. The van der Waals surface area contributed by atoms with Gasteiger partial charge in [0.05, 0.1) is 11.3 Å². The fraction of sp³-hybridized carbons (Fsp3) is 0.0741. The minimum Gasteiger partial charge on any atom is -0.507 e. The highest BCUT2D eigenvalue weighted by Crippen LogP contribution is 2.43. The van der Waals surface area contributed by atoms with Crippen molar-refractivity contribution in [1.82, 2.24) is 4.98 Å². The van der Waals surface area contributed by atoms with Crippen molar-refractivity contribution in [2.75, 3.05) is 4.90 Å². The minimum atomic E-state index is -4.94. The molecule has 1 aliphatic rings. The fourth-order valence-electron chi connectivity index (χ4n) is 4.32. The molecule has 1 saturated heterocycles. The maximum absolute atomic E-state index is 13.3. The molecule has 36 heavy (non-hydrogen) atoms. The summed E-state index contributed by atoms with van der Waals surface area (Å²) in [7, 11) is 0. The van der Waals surface area contributed by atoms with E-state index < -0.39 is 35.6 Å². The van der Waals surface area contributed by atoms with Gasteiger partial charge in [0.15, 0.2) is 0 Å². The third-order valence-corrected chi connectivity index (χ3v) is 5.79. The number of nitrogens with zero attached hydrogens (tertiary/aromatic N) is 2. The molecule has 2 heterocycles. The molecule has 6 nitrogen and oxygen atoms in total. The normalized spacial score (nSPS) is 17.5. The van der Waals surface area contributed by atoms with Crippen LogP contribution in [0.1, 0.15) is 17.3 Å². The Balaban J connectivity index is 1.71. The van der Waals surface area contributed by atoms with Crippen LogP contribution in [0, 0.1) is 0 Å². The van der Waals surface area contributed by atoms with Gasteiger partial charge in [-0.25, -0.2) is 0 Å². The van der Waals surface area contributed by atoms with Crippen molar-refractivity contribution in [3.05, 3.63) is 108 Å². The molecule has 0 saturated carbocycles. The number of pyridine rings is 1. The first kappa shape index (κ1) is 23.1. The molecule has 1 N–H and O–H groups in total. The molecule has 9 heteroatoms. The molecule has 1 fully saturated rings. The number of aliphatic hydroxyl groups is 1. The Morgan fingerprint density at radius 1 is 0.917 bits per heavy atom. The molecule has 5 rings (SSSR count). The zero-order chi connectivity index (χ0) is 25.4. The van der Waals surface area contributed by atoms with E-state index in [2.05, 4.69) is 9.72 Å². The van der Waals surface area contributed by atoms with Crippen LogP contribution in [-0.4, -0.2) is 28.1 Å². The average molecular weight is 490 g/mol. The van der Waals surface area contributed by atoms with Gasteiger partial charge >= 0.3 is 6.36 Å². The van der Waals surface area contributed by atoms with E-state index in [-0.39, 0.29) is 17.0 Å². The molecule has 0 aliphatic carbocycles. The molecule has 0 spiro atoms. The number of benzene rings is 3. The number of ketones is 1. The Morgan fingerprint density at radius 2 is 1.64 bits per heavy atom. The van der Waals surface area contributed by atoms with Crippen molar-refractivity contribution in [2.24, 2.45) is 0 Å². The summed E-state index contributed by atoms with van der Waals surface area (Å²) in [5.74, 6) is -2.98. The van der Waals surface area contributed by atoms with Crippen molar-refractivity contribution >= 4 is 33.9 Å². The number of amides is 1. The summed E-state index contributed by atoms with van der Waals surface area (Å²) in [6.45, 7) is 0. The zero-order valence-corrected chi connectivity index (χ0v) is 18.4. The topological polar surface area (TPSA) is 79.7 Å². The Hall–Kier alpha value is -4.66. The lowest BCUT2D eigenvalue weighted by atomic mass is 9.95. The van der Waals surface area contributed by atoms with Crippen molar-refractivity contribution in [1.29, 1.82) is 0 Å². The fourth-order valence-corrected chi connectivity index (χ4v) is 4.32. The number of rotatable bonds is 4. The minimum absolute atomic E-state index is 0.0218. The quantitative estimate of drug-likeness (QED) is 0.224. The number of carbonyl (C=O) groups is 2. The summed E-state index contributed by atoms with van der Waals surface area (Å²) < 4.78 is 42.4. The van der Waals surface area contributed by atoms with Gasteiger partial charge in [-0.1, -0.05) is 54.6 Å². The van der Waals surface area contributed by atoms with Crippen LogP contribution < -0.4 is 9.64 Å². The number of anilines is 1. The summed E-state index contributed by atoms with van der Waals surface area (Å²) >= 11 is 0. The third kappa shape index (κ3) is 4.15. The number of aliphatic hydroxyl groups excluding tert-OH is 1. The van der Waals surface area contributed by atoms with Gasteiger partial charge in [0, 0.05) is 23.5 Å². The molecule has 0 bridgehead atoms. The van der Waals surface area contributed by atoms with E-state index in [4.69, 9.17) is 0 Å². The molecule has 180 valence electrons. The molecular weight excluding hydrogens is 473 g/mol. The predicted octanol–water partition coefficient (Wildman–Crippen LogP) is 5.76. The Kier molecular flexibility index (Phi) is 5.68. The van der Waals surface area contributed by atoms with Gasteiger partial charge in [0.1, 0.15) is 17.6 Å². The highest BCUT2D eigenvalue weighted by Gasteiger charge is 2.48. The number of halogens is 3. The zero-order valence-electron chi connectivity index (χ0n) is 18.4. The molecule has 1 unspecified atom stereocenters. The van der Waals surface area contributed by atoms with E-state index in [1.807, 2.05) is 18.2 Å². The number of carbonyl (C=O) groups excluding carboxylic acids is 2. The van der Waals surface area contributed by atoms with Crippen LogP contribution in [0.5, 0.6) is 5.75 Å².